The highest BCUT2D eigenvalue weighted by atomic mass is 35.5. The average Bonchev–Trinajstić information content (AvgIpc) is 2.89. The van der Waals surface area contributed by atoms with E-state index < -0.39 is 5.82 Å². The van der Waals surface area contributed by atoms with Crippen LogP contribution in [-0.4, -0.2) is 4.98 Å². The molecule has 0 fully saturated rings. The number of pyridine rings is 1. The largest absolute Gasteiger partial charge is 0.261 e. The van der Waals surface area contributed by atoms with E-state index in [0.717, 1.165) is 35.9 Å². The highest BCUT2D eigenvalue weighted by Crippen LogP contribution is 2.25. The van der Waals surface area contributed by atoms with E-state index in [0.29, 0.717) is 23.8 Å². The Morgan fingerprint density at radius 1 is 0.694 bits per heavy atom. The van der Waals surface area contributed by atoms with Gasteiger partial charge in [0.05, 0.1) is 5.02 Å². The first-order chi connectivity index (χ1) is 17.5. The zero-order chi connectivity index (χ0) is 25.3. The Morgan fingerprint density at radius 3 is 2.22 bits per heavy atom. The summed E-state index contributed by atoms with van der Waals surface area (Å²) in [5, 5.41) is 1.63. The topological polar surface area (TPSA) is 12.9 Å². The fourth-order valence-corrected chi connectivity index (χ4v) is 4.78. The van der Waals surface area contributed by atoms with Gasteiger partial charge in [0.1, 0.15) is 11.6 Å². The van der Waals surface area contributed by atoms with Crippen LogP contribution in [0.1, 0.15) is 67.0 Å². The van der Waals surface area contributed by atoms with Crippen LogP contribution in [0.3, 0.4) is 0 Å². The lowest BCUT2D eigenvalue weighted by Gasteiger charge is -2.09. The summed E-state index contributed by atoms with van der Waals surface area (Å²) < 4.78 is 28.9. The van der Waals surface area contributed by atoms with Crippen molar-refractivity contribution in [3.05, 3.63) is 111 Å². The fourth-order valence-electron chi connectivity index (χ4n) is 4.67. The van der Waals surface area contributed by atoms with Crippen molar-refractivity contribution in [2.24, 2.45) is 0 Å². The Hall–Kier alpha value is -2.78. The fraction of sp³-hybridized carbons (Fsp3) is 0.344. The predicted molar refractivity (Wildman–Crippen MR) is 147 cm³/mol. The monoisotopic (exact) mass is 505 g/mol. The highest BCUT2D eigenvalue weighted by molar-refractivity contribution is 6.30. The molecule has 1 heterocycles. The molecule has 0 aliphatic heterocycles. The quantitative estimate of drug-likeness (QED) is 0.175. The number of aromatic nitrogens is 1. The van der Waals surface area contributed by atoms with Gasteiger partial charge in [-0.15, -0.1) is 0 Å². The number of unbranched alkanes of at least 4 members (excludes halogenated alkanes) is 4. The van der Waals surface area contributed by atoms with Crippen LogP contribution in [0.4, 0.5) is 8.78 Å². The number of halogens is 3. The molecule has 4 heteroatoms. The van der Waals surface area contributed by atoms with E-state index in [1.807, 2.05) is 30.5 Å². The van der Waals surface area contributed by atoms with Crippen molar-refractivity contribution in [1.29, 1.82) is 0 Å². The second-order valence-electron chi connectivity index (χ2n) is 9.66. The van der Waals surface area contributed by atoms with E-state index in [-0.39, 0.29) is 10.8 Å². The lowest BCUT2D eigenvalue weighted by atomic mass is 9.98. The maximum atomic E-state index is 15.2. The van der Waals surface area contributed by atoms with Gasteiger partial charge in [0.2, 0.25) is 0 Å². The molecule has 0 aliphatic carbocycles. The molecule has 36 heavy (non-hydrogen) atoms. The number of rotatable bonds is 12. The number of nitrogens with zero attached hydrogens (tertiary/aromatic N) is 1. The van der Waals surface area contributed by atoms with Crippen molar-refractivity contribution in [1.82, 2.24) is 4.98 Å². The van der Waals surface area contributed by atoms with Gasteiger partial charge in [0.25, 0.3) is 0 Å². The molecule has 1 nitrogen and oxygen atoms in total. The lowest BCUT2D eigenvalue weighted by molar-refractivity contribution is 0.617. The smallest absolute Gasteiger partial charge is 0.142 e. The molecule has 0 aliphatic rings. The zero-order valence-electron chi connectivity index (χ0n) is 21.0. The molecule has 1 aromatic heterocycles. The number of hydrogen-bond donors (Lipinski definition) is 0. The van der Waals surface area contributed by atoms with Gasteiger partial charge in [-0.3, -0.25) is 4.98 Å². The van der Waals surface area contributed by atoms with Crippen LogP contribution in [0.25, 0.3) is 10.8 Å². The normalized spacial score (nSPS) is 11.3. The molecular weight excluding hydrogens is 472 g/mol. The molecule has 0 saturated heterocycles. The minimum atomic E-state index is -0.440. The Bertz CT molecular complexity index is 1280. The van der Waals surface area contributed by atoms with Gasteiger partial charge < -0.3 is 0 Å². The van der Waals surface area contributed by atoms with Gasteiger partial charge in [0.15, 0.2) is 0 Å². The third-order valence-corrected chi connectivity index (χ3v) is 7.20. The minimum Gasteiger partial charge on any atom is -0.261 e. The Balaban J connectivity index is 1.33. The predicted octanol–water partition coefficient (Wildman–Crippen LogP) is 9.25. The van der Waals surface area contributed by atoms with Crippen molar-refractivity contribution in [2.75, 3.05) is 0 Å². The van der Waals surface area contributed by atoms with Gasteiger partial charge in [-0.2, -0.15) is 0 Å². The zero-order valence-corrected chi connectivity index (χ0v) is 21.8. The second kappa shape index (κ2) is 13.0. The van der Waals surface area contributed by atoms with Crippen LogP contribution in [0.5, 0.6) is 0 Å². The molecule has 0 spiro atoms. The van der Waals surface area contributed by atoms with Crippen molar-refractivity contribution >= 4 is 22.4 Å². The van der Waals surface area contributed by atoms with Gasteiger partial charge in [-0.05, 0) is 84.4 Å². The standard InChI is InChI=1S/C32H34ClF2N/c1-2-3-4-5-6-7-25-10-17-28(36-22-25)16-9-23-11-18-29-27(20-23)15-14-26(32(29)35)13-8-24-12-19-30(33)31(34)21-24/h10-12,14-15,17-22H,2-9,13,16H2,1H3. The molecule has 0 atom stereocenters. The number of fused-ring (bicyclic) bond motifs is 1. The molecule has 0 unspecified atom stereocenters. The van der Waals surface area contributed by atoms with Crippen LogP contribution < -0.4 is 0 Å². The summed E-state index contributed by atoms with van der Waals surface area (Å²) in [5.41, 5.74) is 5.02. The summed E-state index contributed by atoms with van der Waals surface area (Å²) >= 11 is 5.76. The maximum absolute atomic E-state index is 15.2. The van der Waals surface area contributed by atoms with E-state index in [2.05, 4.69) is 30.1 Å². The first kappa shape index (κ1) is 26.3. The third kappa shape index (κ3) is 7.13. The summed E-state index contributed by atoms with van der Waals surface area (Å²) in [6, 6.07) is 18.9. The molecule has 188 valence electrons. The summed E-state index contributed by atoms with van der Waals surface area (Å²) in [7, 11) is 0. The molecule has 4 rings (SSSR count). The van der Waals surface area contributed by atoms with Crippen LogP contribution in [0, 0.1) is 11.6 Å². The highest BCUT2D eigenvalue weighted by Gasteiger charge is 2.10. The van der Waals surface area contributed by atoms with Gasteiger partial charge in [-0.1, -0.05) is 86.7 Å². The Morgan fingerprint density at radius 2 is 1.44 bits per heavy atom. The van der Waals surface area contributed by atoms with Crippen LogP contribution in [-0.2, 0) is 32.1 Å². The third-order valence-electron chi connectivity index (χ3n) is 6.89. The molecule has 0 radical (unpaired) electrons. The first-order valence-corrected chi connectivity index (χ1v) is 13.5. The Kier molecular flexibility index (Phi) is 9.47. The summed E-state index contributed by atoms with van der Waals surface area (Å²) in [6.45, 7) is 2.24. The van der Waals surface area contributed by atoms with Crippen molar-refractivity contribution < 1.29 is 8.78 Å². The molecule has 0 N–H and O–H groups in total. The van der Waals surface area contributed by atoms with E-state index in [9.17, 15) is 4.39 Å². The van der Waals surface area contributed by atoms with E-state index in [1.54, 1.807) is 12.1 Å². The summed E-state index contributed by atoms with van der Waals surface area (Å²) in [5.74, 6) is -0.634. The maximum Gasteiger partial charge on any atom is 0.142 e. The van der Waals surface area contributed by atoms with E-state index in [4.69, 9.17) is 11.6 Å². The molecule has 0 amide bonds. The van der Waals surface area contributed by atoms with Crippen LogP contribution in [0.2, 0.25) is 5.02 Å². The molecule has 4 aromatic rings. The summed E-state index contributed by atoms with van der Waals surface area (Å²) in [6.07, 6.45) is 12.4. The van der Waals surface area contributed by atoms with E-state index >= 15 is 4.39 Å². The number of aryl methyl sites for hydroxylation is 5. The van der Waals surface area contributed by atoms with Gasteiger partial charge in [-0.25, -0.2) is 8.78 Å². The molecule has 0 saturated carbocycles. The van der Waals surface area contributed by atoms with E-state index in [1.165, 1.54) is 49.3 Å². The van der Waals surface area contributed by atoms with Crippen LogP contribution >= 0.6 is 11.6 Å². The lowest BCUT2D eigenvalue weighted by Crippen LogP contribution is -1.98. The van der Waals surface area contributed by atoms with Gasteiger partial charge >= 0.3 is 0 Å². The molecular formula is C32H34ClF2N. The SMILES string of the molecule is CCCCCCCc1ccc(CCc2ccc3c(F)c(CCc4ccc(Cl)c(F)c4)ccc3c2)nc1. The molecule has 0 bridgehead atoms. The second-order valence-corrected chi connectivity index (χ2v) is 10.1. The van der Waals surface area contributed by atoms with Crippen molar-refractivity contribution in [3.63, 3.8) is 0 Å². The summed E-state index contributed by atoms with van der Waals surface area (Å²) in [4.78, 5) is 4.66. The molecule has 3 aromatic carbocycles. The number of hydrogen-bond acceptors (Lipinski definition) is 1. The Labute approximate surface area is 218 Å². The van der Waals surface area contributed by atoms with Gasteiger partial charge in [0, 0.05) is 17.3 Å². The van der Waals surface area contributed by atoms with Crippen LogP contribution in [0.15, 0.2) is 66.9 Å². The van der Waals surface area contributed by atoms with Crippen molar-refractivity contribution in [3.8, 4) is 0 Å². The first-order valence-electron chi connectivity index (χ1n) is 13.1. The average molecular weight is 506 g/mol. The van der Waals surface area contributed by atoms with Crippen molar-refractivity contribution in [2.45, 2.75) is 71.1 Å². The minimum absolute atomic E-state index is 0.104. The number of benzene rings is 3.